The lowest BCUT2D eigenvalue weighted by Gasteiger charge is -2.21. The minimum atomic E-state index is 0.308. The van der Waals surface area contributed by atoms with Crippen molar-refractivity contribution in [3.05, 3.63) is 29.8 Å². The smallest absolute Gasteiger partial charge is 0.137 e. The van der Waals surface area contributed by atoms with Crippen LogP contribution in [0.15, 0.2) is 24.3 Å². The van der Waals surface area contributed by atoms with Crippen molar-refractivity contribution in [2.24, 2.45) is 5.92 Å². The van der Waals surface area contributed by atoms with Gasteiger partial charge in [0.15, 0.2) is 0 Å². The highest BCUT2D eigenvalue weighted by molar-refractivity contribution is 5.81. The standard InChI is InChI=1S/C14H19NO2/c15-13-3-1-2-12(8-13)10-14(16)9-11-4-6-17-7-5-11/h1-3,8,11H,4-7,9-10,15H2. The average molecular weight is 233 g/mol. The summed E-state index contributed by atoms with van der Waals surface area (Å²) in [5.41, 5.74) is 7.43. The third kappa shape index (κ3) is 3.86. The number of carbonyl (C=O) groups excluding carboxylic acids is 1. The number of rotatable bonds is 4. The zero-order valence-corrected chi connectivity index (χ0v) is 10.0. The predicted molar refractivity (Wildman–Crippen MR) is 67.7 cm³/mol. The number of ketones is 1. The van der Waals surface area contributed by atoms with Crippen molar-refractivity contribution in [2.75, 3.05) is 18.9 Å². The summed E-state index contributed by atoms with van der Waals surface area (Å²) in [6, 6.07) is 7.57. The van der Waals surface area contributed by atoms with E-state index in [1.54, 1.807) is 0 Å². The highest BCUT2D eigenvalue weighted by Crippen LogP contribution is 2.19. The van der Waals surface area contributed by atoms with Gasteiger partial charge < -0.3 is 10.5 Å². The molecule has 92 valence electrons. The number of anilines is 1. The molecule has 0 aliphatic carbocycles. The number of nitrogen functional groups attached to an aromatic ring is 1. The van der Waals surface area contributed by atoms with Crippen LogP contribution >= 0.6 is 0 Å². The number of nitrogens with two attached hydrogens (primary N) is 1. The zero-order chi connectivity index (χ0) is 12.1. The van der Waals surface area contributed by atoms with Crippen LogP contribution in [-0.2, 0) is 16.0 Å². The molecule has 0 saturated carbocycles. The van der Waals surface area contributed by atoms with Gasteiger partial charge in [0.2, 0.25) is 0 Å². The molecule has 0 spiro atoms. The second-order valence-electron chi connectivity index (χ2n) is 4.72. The summed E-state index contributed by atoms with van der Waals surface area (Å²) >= 11 is 0. The molecule has 0 amide bonds. The molecule has 3 heteroatoms. The maximum Gasteiger partial charge on any atom is 0.137 e. The summed E-state index contributed by atoms with van der Waals surface area (Å²) < 4.78 is 5.29. The molecule has 1 aliphatic heterocycles. The van der Waals surface area contributed by atoms with Crippen molar-refractivity contribution in [3.63, 3.8) is 0 Å². The molecule has 0 unspecified atom stereocenters. The maximum absolute atomic E-state index is 11.9. The largest absolute Gasteiger partial charge is 0.399 e. The fourth-order valence-electron chi connectivity index (χ4n) is 2.28. The Morgan fingerprint density at radius 3 is 2.82 bits per heavy atom. The molecule has 2 rings (SSSR count). The highest BCUT2D eigenvalue weighted by Gasteiger charge is 2.17. The van der Waals surface area contributed by atoms with E-state index in [-0.39, 0.29) is 0 Å². The molecule has 1 aliphatic rings. The van der Waals surface area contributed by atoms with Crippen molar-refractivity contribution in [1.29, 1.82) is 0 Å². The van der Waals surface area contributed by atoms with E-state index in [9.17, 15) is 4.79 Å². The fraction of sp³-hybridized carbons (Fsp3) is 0.500. The summed E-state index contributed by atoms with van der Waals surface area (Å²) in [7, 11) is 0. The van der Waals surface area contributed by atoms with Gasteiger partial charge in [-0.05, 0) is 36.5 Å². The van der Waals surface area contributed by atoms with Crippen LogP contribution in [0.4, 0.5) is 5.69 Å². The molecular weight excluding hydrogens is 214 g/mol. The molecule has 0 aromatic heterocycles. The Hall–Kier alpha value is -1.35. The van der Waals surface area contributed by atoms with Crippen LogP contribution < -0.4 is 5.73 Å². The van der Waals surface area contributed by atoms with Crippen LogP contribution in [0.3, 0.4) is 0 Å². The Morgan fingerprint density at radius 2 is 2.12 bits per heavy atom. The Balaban J connectivity index is 1.84. The van der Waals surface area contributed by atoms with E-state index in [1.165, 1.54) is 0 Å². The van der Waals surface area contributed by atoms with E-state index in [1.807, 2.05) is 24.3 Å². The number of benzene rings is 1. The number of Topliss-reactive ketones (excluding diaryl/α,β-unsaturated/α-hetero) is 1. The van der Waals surface area contributed by atoms with Crippen molar-refractivity contribution in [3.8, 4) is 0 Å². The van der Waals surface area contributed by atoms with Gasteiger partial charge in [-0.25, -0.2) is 0 Å². The molecule has 2 N–H and O–H groups in total. The van der Waals surface area contributed by atoms with Crippen LogP contribution in [0.5, 0.6) is 0 Å². The van der Waals surface area contributed by atoms with E-state index < -0.39 is 0 Å². The molecule has 0 radical (unpaired) electrons. The maximum atomic E-state index is 11.9. The van der Waals surface area contributed by atoms with Gasteiger partial charge in [-0.1, -0.05) is 12.1 Å². The normalized spacial score (nSPS) is 16.9. The van der Waals surface area contributed by atoms with Crippen LogP contribution in [0.1, 0.15) is 24.8 Å². The molecule has 17 heavy (non-hydrogen) atoms. The van der Waals surface area contributed by atoms with Crippen molar-refractivity contribution in [2.45, 2.75) is 25.7 Å². The average Bonchev–Trinajstić information content (AvgIpc) is 2.30. The summed E-state index contributed by atoms with van der Waals surface area (Å²) in [6.07, 6.45) is 3.21. The van der Waals surface area contributed by atoms with Crippen molar-refractivity contribution >= 4 is 11.5 Å². The van der Waals surface area contributed by atoms with E-state index in [0.29, 0.717) is 24.5 Å². The zero-order valence-electron chi connectivity index (χ0n) is 10.0. The molecule has 3 nitrogen and oxygen atoms in total. The van der Waals surface area contributed by atoms with Crippen LogP contribution in [0.2, 0.25) is 0 Å². The van der Waals surface area contributed by atoms with Gasteiger partial charge in [-0.2, -0.15) is 0 Å². The number of carbonyl (C=O) groups is 1. The van der Waals surface area contributed by atoms with E-state index in [4.69, 9.17) is 10.5 Å². The fourth-order valence-corrected chi connectivity index (χ4v) is 2.28. The molecule has 1 saturated heterocycles. The number of hydrogen-bond acceptors (Lipinski definition) is 3. The van der Waals surface area contributed by atoms with Gasteiger partial charge in [0, 0.05) is 31.7 Å². The minimum Gasteiger partial charge on any atom is -0.399 e. The first-order valence-electron chi connectivity index (χ1n) is 6.18. The first kappa shape index (κ1) is 12.1. The van der Waals surface area contributed by atoms with Gasteiger partial charge in [0.1, 0.15) is 5.78 Å². The third-order valence-corrected chi connectivity index (χ3v) is 3.21. The lowest BCUT2D eigenvalue weighted by Crippen LogP contribution is -2.19. The minimum absolute atomic E-state index is 0.308. The Morgan fingerprint density at radius 1 is 1.35 bits per heavy atom. The Labute approximate surface area is 102 Å². The summed E-state index contributed by atoms with van der Waals surface area (Å²) in [5.74, 6) is 0.819. The second-order valence-corrected chi connectivity index (χ2v) is 4.72. The summed E-state index contributed by atoms with van der Waals surface area (Å²) in [4.78, 5) is 11.9. The first-order valence-corrected chi connectivity index (χ1v) is 6.18. The van der Waals surface area contributed by atoms with Gasteiger partial charge in [-0.3, -0.25) is 4.79 Å². The number of ether oxygens (including phenoxy) is 1. The lowest BCUT2D eigenvalue weighted by molar-refractivity contribution is -0.120. The molecule has 0 bridgehead atoms. The van der Waals surface area contributed by atoms with Crippen molar-refractivity contribution in [1.82, 2.24) is 0 Å². The molecule has 0 atom stereocenters. The van der Waals surface area contributed by atoms with Crippen LogP contribution in [-0.4, -0.2) is 19.0 Å². The summed E-state index contributed by atoms with van der Waals surface area (Å²) in [6.45, 7) is 1.60. The number of hydrogen-bond donors (Lipinski definition) is 1. The van der Waals surface area contributed by atoms with Crippen molar-refractivity contribution < 1.29 is 9.53 Å². The molecule has 1 aromatic rings. The molecule has 1 fully saturated rings. The quantitative estimate of drug-likeness (QED) is 0.811. The van der Waals surface area contributed by atoms with E-state index in [0.717, 1.165) is 37.3 Å². The van der Waals surface area contributed by atoms with E-state index >= 15 is 0 Å². The summed E-state index contributed by atoms with van der Waals surface area (Å²) in [5, 5.41) is 0. The molecule has 1 aromatic carbocycles. The second kappa shape index (κ2) is 5.82. The van der Waals surface area contributed by atoms with Gasteiger partial charge in [0.25, 0.3) is 0 Å². The highest BCUT2D eigenvalue weighted by atomic mass is 16.5. The van der Waals surface area contributed by atoms with Crippen LogP contribution in [0.25, 0.3) is 0 Å². The van der Waals surface area contributed by atoms with Gasteiger partial charge >= 0.3 is 0 Å². The first-order chi connectivity index (χ1) is 8.24. The molecule has 1 heterocycles. The van der Waals surface area contributed by atoms with Gasteiger partial charge in [0.05, 0.1) is 0 Å². The van der Waals surface area contributed by atoms with Gasteiger partial charge in [-0.15, -0.1) is 0 Å². The Kier molecular flexibility index (Phi) is 4.15. The third-order valence-electron chi connectivity index (χ3n) is 3.21. The SMILES string of the molecule is Nc1cccc(CC(=O)CC2CCOCC2)c1. The lowest BCUT2D eigenvalue weighted by atomic mass is 9.92. The monoisotopic (exact) mass is 233 g/mol. The molecular formula is C14H19NO2. The predicted octanol–water partition coefficient (Wildman–Crippen LogP) is 2.20. The topological polar surface area (TPSA) is 52.3 Å². The van der Waals surface area contributed by atoms with E-state index in [2.05, 4.69) is 0 Å². The Bertz CT molecular complexity index is 384. The van der Waals surface area contributed by atoms with Crippen LogP contribution in [0, 0.1) is 5.92 Å².